The van der Waals surface area contributed by atoms with Crippen molar-refractivity contribution in [3.8, 4) is 11.9 Å². The zero-order chi connectivity index (χ0) is 15.8. The molecule has 0 aliphatic heterocycles. The SMILES string of the molecule is N#Cc1ccc(N=Cc2c(O)[nH]c3ccc4ncsc4c23)cc1. The molecule has 110 valence electrons. The van der Waals surface area contributed by atoms with Gasteiger partial charge in [0, 0.05) is 11.6 Å². The molecule has 0 saturated heterocycles. The maximum absolute atomic E-state index is 10.2. The lowest BCUT2D eigenvalue weighted by molar-refractivity contribution is 0.457. The summed E-state index contributed by atoms with van der Waals surface area (Å²) < 4.78 is 1.01. The third-order valence-electron chi connectivity index (χ3n) is 3.62. The minimum atomic E-state index is 0.0818. The summed E-state index contributed by atoms with van der Waals surface area (Å²) in [6, 6.07) is 12.9. The molecule has 0 saturated carbocycles. The van der Waals surface area contributed by atoms with Crippen LogP contribution in [0.3, 0.4) is 0 Å². The van der Waals surface area contributed by atoms with Crippen LogP contribution in [0.15, 0.2) is 46.9 Å². The molecular weight excluding hydrogens is 308 g/mol. The molecule has 0 bridgehead atoms. The van der Waals surface area contributed by atoms with Crippen LogP contribution in [0.25, 0.3) is 21.1 Å². The van der Waals surface area contributed by atoms with Crippen molar-refractivity contribution < 1.29 is 5.11 Å². The molecule has 4 rings (SSSR count). The van der Waals surface area contributed by atoms with Crippen molar-refractivity contribution in [2.24, 2.45) is 4.99 Å². The molecule has 0 fully saturated rings. The molecule has 2 heterocycles. The molecule has 2 aromatic carbocycles. The average Bonchev–Trinajstić information content (AvgIpc) is 3.16. The summed E-state index contributed by atoms with van der Waals surface area (Å²) in [5.41, 5.74) is 5.48. The zero-order valence-corrected chi connectivity index (χ0v) is 12.6. The van der Waals surface area contributed by atoms with E-state index in [1.807, 2.05) is 12.1 Å². The van der Waals surface area contributed by atoms with E-state index in [0.717, 1.165) is 21.1 Å². The molecule has 0 spiro atoms. The van der Waals surface area contributed by atoms with Crippen molar-refractivity contribution >= 4 is 44.4 Å². The molecule has 0 radical (unpaired) electrons. The molecule has 2 aromatic heterocycles. The van der Waals surface area contributed by atoms with Crippen molar-refractivity contribution in [1.29, 1.82) is 5.26 Å². The maximum Gasteiger partial charge on any atom is 0.198 e. The van der Waals surface area contributed by atoms with Crippen molar-refractivity contribution in [1.82, 2.24) is 9.97 Å². The summed E-state index contributed by atoms with van der Waals surface area (Å²) in [5, 5.41) is 19.9. The summed E-state index contributed by atoms with van der Waals surface area (Å²) in [4.78, 5) is 11.7. The number of aromatic amines is 1. The van der Waals surface area contributed by atoms with Crippen LogP contribution in [0.1, 0.15) is 11.1 Å². The Bertz CT molecular complexity index is 1080. The van der Waals surface area contributed by atoms with Gasteiger partial charge >= 0.3 is 0 Å². The number of aliphatic imine (C=N–C) groups is 1. The van der Waals surface area contributed by atoms with Gasteiger partial charge in [0.25, 0.3) is 0 Å². The zero-order valence-electron chi connectivity index (χ0n) is 11.8. The lowest BCUT2D eigenvalue weighted by Gasteiger charge is -1.96. The number of H-pyrrole nitrogens is 1. The molecule has 0 amide bonds. The second-order valence-corrected chi connectivity index (χ2v) is 5.85. The van der Waals surface area contributed by atoms with E-state index in [1.54, 1.807) is 36.0 Å². The minimum absolute atomic E-state index is 0.0818. The Morgan fingerprint density at radius 1 is 1.22 bits per heavy atom. The number of rotatable bonds is 2. The van der Waals surface area contributed by atoms with Gasteiger partial charge in [0.05, 0.1) is 44.1 Å². The molecule has 6 heteroatoms. The summed E-state index contributed by atoms with van der Waals surface area (Å²) >= 11 is 1.53. The summed E-state index contributed by atoms with van der Waals surface area (Å²) in [6.45, 7) is 0. The van der Waals surface area contributed by atoms with E-state index in [2.05, 4.69) is 21.0 Å². The van der Waals surface area contributed by atoms with Gasteiger partial charge in [-0.1, -0.05) is 0 Å². The minimum Gasteiger partial charge on any atom is -0.494 e. The van der Waals surface area contributed by atoms with E-state index < -0.39 is 0 Å². The van der Waals surface area contributed by atoms with Crippen molar-refractivity contribution in [2.45, 2.75) is 0 Å². The monoisotopic (exact) mass is 318 g/mol. The predicted octanol–water partition coefficient (Wildman–Crippen LogP) is 4.11. The number of aromatic nitrogens is 2. The number of aromatic hydroxyl groups is 1. The Balaban J connectivity index is 1.84. The van der Waals surface area contributed by atoms with Gasteiger partial charge < -0.3 is 10.1 Å². The number of nitriles is 1. The Labute approximate surface area is 135 Å². The molecular formula is C17H10N4OS. The van der Waals surface area contributed by atoms with Gasteiger partial charge in [-0.3, -0.25) is 4.99 Å². The molecule has 4 aromatic rings. The van der Waals surface area contributed by atoms with Gasteiger partial charge in [-0.05, 0) is 36.4 Å². The number of nitrogens with one attached hydrogen (secondary N) is 1. The first kappa shape index (κ1) is 13.5. The highest BCUT2D eigenvalue weighted by Crippen LogP contribution is 2.34. The lowest BCUT2D eigenvalue weighted by atomic mass is 10.1. The standard InChI is InChI=1S/C17H10N4OS/c18-7-10-1-3-11(4-2-10)19-8-12-15-13(21-17(12)22)5-6-14-16(15)23-9-20-14/h1-6,8-9,21-22H. The van der Waals surface area contributed by atoms with Crippen LogP contribution in [0.4, 0.5) is 5.69 Å². The number of nitrogens with zero attached hydrogens (tertiary/aromatic N) is 3. The van der Waals surface area contributed by atoms with Gasteiger partial charge in [-0.25, -0.2) is 4.98 Å². The predicted molar refractivity (Wildman–Crippen MR) is 91.6 cm³/mol. The fourth-order valence-electron chi connectivity index (χ4n) is 2.50. The van der Waals surface area contributed by atoms with Crippen molar-refractivity contribution in [2.75, 3.05) is 0 Å². The highest BCUT2D eigenvalue weighted by molar-refractivity contribution is 7.17. The van der Waals surface area contributed by atoms with Crippen molar-refractivity contribution in [3.05, 3.63) is 53.0 Å². The van der Waals surface area contributed by atoms with Gasteiger partial charge in [0.15, 0.2) is 5.88 Å². The molecule has 0 atom stereocenters. The van der Waals surface area contributed by atoms with Crippen LogP contribution in [0.5, 0.6) is 5.88 Å². The molecule has 0 aliphatic rings. The normalized spacial score (nSPS) is 11.4. The first-order valence-corrected chi connectivity index (χ1v) is 7.75. The third-order valence-corrected chi connectivity index (χ3v) is 4.48. The Kier molecular flexibility index (Phi) is 3.07. The van der Waals surface area contributed by atoms with E-state index in [0.29, 0.717) is 16.8 Å². The van der Waals surface area contributed by atoms with Gasteiger partial charge in [0.1, 0.15) is 0 Å². The molecule has 0 aliphatic carbocycles. The van der Waals surface area contributed by atoms with Crippen LogP contribution in [-0.2, 0) is 0 Å². The van der Waals surface area contributed by atoms with E-state index in [1.165, 1.54) is 11.3 Å². The van der Waals surface area contributed by atoms with Crippen LogP contribution in [0.2, 0.25) is 0 Å². The topological polar surface area (TPSA) is 85.1 Å². The molecule has 5 nitrogen and oxygen atoms in total. The van der Waals surface area contributed by atoms with E-state index in [-0.39, 0.29) is 5.88 Å². The smallest absolute Gasteiger partial charge is 0.198 e. The third kappa shape index (κ3) is 2.24. The van der Waals surface area contributed by atoms with Gasteiger partial charge in [0.2, 0.25) is 0 Å². The Morgan fingerprint density at radius 3 is 2.83 bits per heavy atom. The maximum atomic E-state index is 10.2. The summed E-state index contributed by atoms with van der Waals surface area (Å²) in [5.74, 6) is 0.0818. The van der Waals surface area contributed by atoms with Gasteiger partial charge in [-0.15, -0.1) is 11.3 Å². The summed E-state index contributed by atoms with van der Waals surface area (Å²) in [6.07, 6.45) is 1.63. The second kappa shape index (κ2) is 5.23. The highest BCUT2D eigenvalue weighted by atomic mass is 32.1. The molecule has 0 unspecified atom stereocenters. The van der Waals surface area contributed by atoms with E-state index in [9.17, 15) is 5.11 Å². The molecule has 2 N–H and O–H groups in total. The van der Waals surface area contributed by atoms with E-state index in [4.69, 9.17) is 5.26 Å². The van der Waals surface area contributed by atoms with Gasteiger partial charge in [-0.2, -0.15) is 5.26 Å². The fraction of sp³-hybridized carbons (Fsp3) is 0. The average molecular weight is 318 g/mol. The highest BCUT2D eigenvalue weighted by Gasteiger charge is 2.13. The van der Waals surface area contributed by atoms with Crippen LogP contribution in [0, 0.1) is 11.3 Å². The Morgan fingerprint density at radius 2 is 2.04 bits per heavy atom. The van der Waals surface area contributed by atoms with Crippen LogP contribution < -0.4 is 0 Å². The van der Waals surface area contributed by atoms with Crippen LogP contribution in [-0.4, -0.2) is 21.3 Å². The number of benzene rings is 2. The van der Waals surface area contributed by atoms with E-state index >= 15 is 0 Å². The van der Waals surface area contributed by atoms with Crippen molar-refractivity contribution in [3.63, 3.8) is 0 Å². The quantitative estimate of drug-likeness (QED) is 0.545. The second-order valence-electron chi connectivity index (χ2n) is 4.99. The first-order valence-electron chi connectivity index (χ1n) is 6.87. The van der Waals surface area contributed by atoms with Crippen LogP contribution >= 0.6 is 11.3 Å². The number of fused-ring (bicyclic) bond motifs is 3. The first-order chi connectivity index (χ1) is 11.3. The number of thiazole rings is 1. The number of hydrogen-bond donors (Lipinski definition) is 2. The largest absolute Gasteiger partial charge is 0.494 e. The Hall–Kier alpha value is -3.17. The number of hydrogen-bond acceptors (Lipinski definition) is 5. The summed E-state index contributed by atoms with van der Waals surface area (Å²) in [7, 11) is 0. The molecule has 23 heavy (non-hydrogen) atoms. The fourth-order valence-corrected chi connectivity index (χ4v) is 3.35. The lowest BCUT2D eigenvalue weighted by Crippen LogP contribution is -1.80.